The smallest absolute Gasteiger partial charge is 0.254 e. The number of rotatable bonds is 30. The molecular weight excluding hydrogens is 791 g/mol. The van der Waals surface area contributed by atoms with Gasteiger partial charge >= 0.3 is 0 Å². The van der Waals surface area contributed by atoms with Gasteiger partial charge in [-0.05, 0) is 63.5 Å². The van der Waals surface area contributed by atoms with E-state index in [0.717, 1.165) is 0 Å². The number of hydrogen-bond donors (Lipinski definition) is 12. The lowest BCUT2D eigenvalue weighted by Gasteiger charge is -2.32. The molecule has 0 aliphatic rings. The van der Waals surface area contributed by atoms with Crippen LogP contribution in [0.15, 0.2) is 29.3 Å². The number of benzene rings is 1. The molecule has 344 valence electrons. The van der Waals surface area contributed by atoms with Crippen LogP contribution in [0.4, 0.5) is 5.69 Å². The quantitative estimate of drug-likeness (QED) is 0.0198. The van der Waals surface area contributed by atoms with Crippen LogP contribution in [0, 0.1) is 11.8 Å². The number of carbonyl (C=O) groups is 7. The number of nitrogens with two attached hydrogens (primary N) is 5. The van der Waals surface area contributed by atoms with Gasteiger partial charge in [-0.1, -0.05) is 71.9 Å². The number of aliphatic hydroxyl groups is 2. The number of guanidine groups is 1. The van der Waals surface area contributed by atoms with Crippen molar-refractivity contribution in [3.05, 3.63) is 29.8 Å². The molecule has 9 atom stereocenters. The van der Waals surface area contributed by atoms with E-state index < -0.39 is 95.6 Å². The fourth-order valence-corrected chi connectivity index (χ4v) is 6.50. The van der Waals surface area contributed by atoms with Gasteiger partial charge in [0.2, 0.25) is 35.4 Å². The number of amides is 7. The molecule has 61 heavy (non-hydrogen) atoms. The second-order valence-corrected chi connectivity index (χ2v) is 15.5. The van der Waals surface area contributed by atoms with E-state index in [0.29, 0.717) is 51.4 Å². The van der Waals surface area contributed by atoms with Gasteiger partial charge in [-0.15, -0.1) is 0 Å². The topological polar surface area (TPSA) is 363 Å². The third-order valence-electron chi connectivity index (χ3n) is 10.4. The van der Waals surface area contributed by atoms with E-state index in [2.05, 4.69) is 31.6 Å². The van der Waals surface area contributed by atoms with Crippen molar-refractivity contribution in [2.45, 2.75) is 154 Å². The zero-order valence-corrected chi connectivity index (χ0v) is 36.3. The number of hydrogen-bond acceptors (Lipinski definition) is 11. The Balaban J connectivity index is 3.31. The summed E-state index contributed by atoms with van der Waals surface area (Å²) in [5.41, 5.74) is 27.8. The van der Waals surface area contributed by atoms with Gasteiger partial charge in [-0.25, -0.2) is 0 Å². The van der Waals surface area contributed by atoms with E-state index in [1.165, 1.54) is 19.1 Å². The van der Waals surface area contributed by atoms with Crippen LogP contribution < -0.4 is 55.3 Å². The minimum absolute atomic E-state index is 0.0909. The number of unbranched alkanes of at least 4 members (excludes halogenated alkanes) is 2. The van der Waals surface area contributed by atoms with E-state index in [1.54, 1.807) is 19.1 Å². The Morgan fingerprint density at radius 1 is 0.689 bits per heavy atom. The number of anilines is 1. The number of aliphatic imine (C=N–C) groups is 1. The first kappa shape index (κ1) is 53.5. The molecular formula is C41H71N11O9. The first-order chi connectivity index (χ1) is 28.8. The maximum absolute atomic E-state index is 14.0. The molecule has 0 aliphatic heterocycles. The standard InChI is InChI=1S/C41H71N11O9/c1-6-9-14-25(36(57)50-30(19-20-32(43)55)38(59)49-29(35(44)56)18-13-21-47-41(45)46)22-31(54)28(17-10-7-2)48-39(60)33(23(4)8-3)51-40(61)34(24(5)53)52-37(58)26-15-11-12-16-27(26)42/h11-12,15-16,23-25,28-31,33-34,53-54H,6-10,13-14,17-22,42H2,1-5H3,(H2,43,55)(H2,44,56)(H,48,60)(H,49,59)(H,50,57)(H,51,61)(H,52,58)(H4,45,46,47)/t23-,24+,25?,28-,29-,30-,31?,33-,34-/m0/s1. The molecule has 0 fully saturated rings. The van der Waals surface area contributed by atoms with Gasteiger partial charge in [0.1, 0.15) is 24.2 Å². The fourth-order valence-electron chi connectivity index (χ4n) is 6.50. The van der Waals surface area contributed by atoms with Crippen molar-refractivity contribution in [2.24, 2.45) is 39.8 Å². The Hall–Kier alpha value is -5.50. The van der Waals surface area contributed by atoms with E-state index in [9.17, 15) is 43.8 Å². The largest absolute Gasteiger partial charge is 0.398 e. The SMILES string of the molecule is CCCCC(CC(O)[C@H](CCCC)NC(=O)[C@@H](NC(=O)[C@@H](NC(=O)c1ccccc1N)[C@@H](C)O)[C@@H](C)CC)C(=O)N[C@@H](CCC(N)=O)C(=O)N[C@@H](CCCN=C(N)N)C(N)=O. The summed E-state index contributed by atoms with van der Waals surface area (Å²) in [4.78, 5) is 95.8. The van der Waals surface area contributed by atoms with Crippen molar-refractivity contribution >= 4 is 53.0 Å². The van der Waals surface area contributed by atoms with Crippen molar-refractivity contribution in [2.75, 3.05) is 12.3 Å². The van der Waals surface area contributed by atoms with Crippen LogP contribution in [-0.4, -0.2) is 106 Å². The van der Waals surface area contributed by atoms with Gasteiger partial charge in [0.05, 0.1) is 23.8 Å². The molecule has 20 heteroatoms. The Morgan fingerprint density at radius 2 is 1.30 bits per heavy atom. The number of para-hydroxylation sites is 1. The first-order valence-corrected chi connectivity index (χ1v) is 21.1. The van der Waals surface area contributed by atoms with Gasteiger partial charge < -0.3 is 65.5 Å². The lowest BCUT2D eigenvalue weighted by Crippen LogP contribution is -2.60. The molecule has 1 aromatic rings. The van der Waals surface area contributed by atoms with Crippen LogP contribution in [0.5, 0.6) is 0 Å². The second kappa shape index (κ2) is 28.1. The van der Waals surface area contributed by atoms with Crippen molar-refractivity contribution in [3.63, 3.8) is 0 Å². The average molecular weight is 862 g/mol. The number of nitrogens with zero attached hydrogens (tertiary/aromatic N) is 1. The van der Waals surface area contributed by atoms with Crippen LogP contribution in [0.3, 0.4) is 0 Å². The van der Waals surface area contributed by atoms with Gasteiger partial charge in [0, 0.05) is 24.6 Å². The maximum Gasteiger partial charge on any atom is 0.254 e. The zero-order chi connectivity index (χ0) is 46.2. The number of nitrogens with one attached hydrogen (secondary N) is 5. The molecule has 0 spiro atoms. The summed E-state index contributed by atoms with van der Waals surface area (Å²) >= 11 is 0. The van der Waals surface area contributed by atoms with Crippen LogP contribution in [0.2, 0.25) is 0 Å². The number of carbonyl (C=O) groups excluding carboxylic acids is 7. The Labute approximate surface area is 358 Å². The zero-order valence-electron chi connectivity index (χ0n) is 36.3. The summed E-state index contributed by atoms with van der Waals surface area (Å²) in [7, 11) is 0. The molecule has 20 nitrogen and oxygen atoms in total. The second-order valence-electron chi connectivity index (χ2n) is 15.5. The fraction of sp³-hybridized carbons (Fsp3) is 0.659. The predicted octanol–water partition coefficient (Wildman–Crippen LogP) is -0.715. The van der Waals surface area contributed by atoms with Crippen LogP contribution in [-0.2, 0) is 28.8 Å². The Bertz CT molecular complexity index is 1620. The van der Waals surface area contributed by atoms with Gasteiger partial charge in [0.25, 0.3) is 5.91 Å². The molecule has 0 saturated carbocycles. The molecule has 1 aromatic carbocycles. The third kappa shape index (κ3) is 19.6. The Kier molecular flexibility index (Phi) is 24.7. The summed E-state index contributed by atoms with van der Waals surface area (Å²) in [6.45, 7) is 8.92. The lowest BCUT2D eigenvalue weighted by molar-refractivity contribution is -0.134. The molecule has 1 rings (SSSR count). The summed E-state index contributed by atoms with van der Waals surface area (Å²) in [5.74, 6) is -6.49. The number of primary amides is 2. The maximum atomic E-state index is 14.0. The average Bonchev–Trinajstić information content (AvgIpc) is 3.20. The van der Waals surface area contributed by atoms with Crippen molar-refractivity contribution < 1.29 is 43.8 Å². The van der Waals surface area contributed by atoms with Crippen LogP contribution in [0.25, 0.3) is 0 Å². The minimum atomic E-state index is -1.45. The van der Waals surface area contributed by atoms with Crippen LogP contribution in [0.1, 0.15) is 122 Å². The number of aliphatic hydroxyl groups excluding tert-OH is 2. The highest BCUT2D eigenvalue weighted by atomic mass is 16.3. The van der Waals surface area contributed by atoms with Crippen LogP contribution >= 0.6 is 0 Å². The van der Waals surface area contributed by atoms with Gasteiger partial charge in [0.15, 0.2) is 5.96 Å². The minimum Gasteiger partial charge on any atom is -0.398 e. The Morgan fingerprint density at radius 3 is 1.85 bits per heavy atom. The normalized spacial score (nSPS) is 15.5. The lowest BCUT2D eigenvalue weighted by atomic mass is 9.89. The molecule has 0 bridgehead atoms. The molecule has 0 radical (unpaired) electrons. The summed E-state index contributed by atoms with van der Waals surface area (Å²) in [6.07, 6.45) is 0.848. The highest BCUT2D eigenvalue weighted by Gasteiger charge is 2.36. The third-order valence-corrected chi connectivity index (χ3v) is 10.4. The van der Waals surface area contributed by atoms with E-state index in [4.69, 9.17) is 28.7 Å². The summed E-state index contributed by atoms with van der Waals surface area (Å²) in [5, 5.41) is 35.5. The van der Waals surface area contributed by atoms with E-state index in [-0.39, 0.29) is 49.4 Å². The molecule has 2 unspecified atom stereocenters. The molecule has 7 amide bonds. The van der Waals surface area contributed by atoms with Gasteiger partial charge in [-0.2, -0.15) is 0 Å². The molecule has 0 saturated heterocycles. The highest BCUT2D eigenvalue weighted by molar-refractivity contribution is 6.02. The van der Waals surface area contributed by atoms with Crippen molar-refractivity contribution in [3.8, 4) is 0 Å². The first-order valence-electron chi connectivity index (χ1n) is 21.1. The molecule has 0 aromatic heterocycles. The van der Waals surface area contributed by atoms with Crippen molar-refractivity contribution in [1.82, 2.24) is 26.6 Å². The highest BCUT2D eigenvalue weighted by Crippen LogP contribution is 2.21. The molecule has 17 N–H and O–H groups in total. The molecule has 0 heterocycles. The van der Waals surface area contributed by atoms with Crippen molar-refractivity contribution in [1.29, 1.82) is 0 Å². The monoisotopic (exact) mass is 862 g/mol. The van der Waals surface area contributed by atoms with E-state index >= 15 is 0 Å². The van der Waals surface area contributed by atoms with E-state index in [1.807, 2.05) is 20.8 Å². The van der Waals surface area contributed by atoms with Gasteiger partial charge in [-0.3, -0.25) is 38.6 Å². The predicted molar refractivity (Wildman–Crippen MR) is 232 cm³/mol. The summed E-state index contributed by atoms with van der Waals surface area (Å²) in [6, 6.07) is 0.337. The summed E-state index contributed by atoms with van der Waals surface area (Å²) < 4.78 is 0. The molecule has 0 aliphatic carbocycles. The number of nitrogen functional groups attached to an aromatic ring is 1.